The largest absolute Gasteiger partial charge is 0.463 e. The van der Waals surface area contributed by atoms with Crippen LogP contribution < -0.4 is 10.4 Å². The molecule has 0 N–H and O–H groups in total. The second kappa shape index (κ2) is 7.69. The van der Waals surface area contributed by atoms with Gasteiger partial charge in [0.05, 0.1) is 17.4 Å². The molecule has 0 spiro atoms. The summed E-state index contributed by atoms with van der Waals surface area (Å²) in [6, 6.07) is 7.47. The molecule has 4 aromatic rings. The van der Waals surface area contributed by atoms with Crippen LogP contribution in [0.4, 0.5) is 0 Å². The maximum absolute atomic E-state index is 12.3. The lowest BCUT2D eigenvalue weighted by Gasteiger charge is -2.22. The van der Waals surface area contributed by atoms with Gasteiger partial charge < -0.3 is 4.74 Å². The number of tetrazole rings is 1. The van der Waals surface area contributed by atoms with Gasteiger partial charge in [-0.25, -0.2) is 9.78 Å². The second-order valence-corrected chi connectivity index (χ2v) is 8.91. The Hall–Kier alpha value is -2.98. The third-order valence-corrected chi connectivity index (χ3v) is 5.39. The molecule has 0 fully saturated rings. The van der Waals surface area contributed by atoms with Crippen molar-refractivity contribution in [2.24, 2.45) is 7.05 Å². The third-order valence-electron chi connectivity index (χ3n) is 4.39. The van der Waals surface area contributed by atoms with E-state index in [2.05, 4.69) is 20.5 Å². The van der Waals surface area contributed by atoms with Crippen LogP contribution in [0.5, 0.6) is 5.19 Å². The van der Waals surface area contributed by atoms with Crippen molar-refractivity contribution in [3.05, 3.63) is 57.0 Å². The van der Waals surface area contributed by atoms with Crippen molar-refractivity contribution >= 4 is 22.9 Å². The van der Waals surface area contributed by atoms with Gasteiger partial charge in [0.25, 0.3) is 5.19 Å². The van der Waals surface area contributed by atoms with Crippen LogP contribution in [-0.2, 0) is 19.2 Å². The quantitative estimate of drug-likeness (QED) is 0.468. The molecule has 0 atom stereocenters. The Balaban J connectivity index is 1.63. The number of ether oxygens (including phenoxy) is 1. The molecule has 0 amide bonds. The maximum Gasteiger partial charge on any atom is 0.368 e. The Morgan fingerprint density at radius 2 is 1.90 bits per heavy atom. The number of halogens is 1. The molecule has 0 unspecified atom stereocenters. The monoisotopic (exact) mass is 445 g/mol. The molecule has 0 aliphatic rings. The summed E-state index contributed by atoms with van der Waals surface area (Å²) in [5.41, 5.74) is 2.31. The Morgan fingerprint density at radius 1 is 1.17 bits per heavy atom. The zero-order valence-electron chi connectivity index (χ0n) is 16.9. The van der Waals surface area contributed by atoms with E-state index in [9.17, 15) is 4.79 Å². The highest BCUT2D eigenvalue weighted by atomic mass is 35.5. The summed E-state index contributed by atoms with van der Waals surface area (Å²) in [5.74, 6) is 0. The predicted octanol–water partition coefficient (Wildman–Crippen LogP) is 3.27. The van der Waals surface area contributed by atoms with Crippen molar-refractivity contribution in [1.29, 1.82) is 0 Å². The smallest absolute Gasteiger partial charge is 0.368 e. The molecule has 4 rings (SSSR count). The topological polar surface area (TPSA) is 92.7 Å². The number of nitrogens with zero attached hydrogens (tertiary/aromatic N) is 7. The Labute approximate surface area is 181 Å². The van der Waals surface area contributed by atoms with E-state index in [1.54, 1.807) is 13.2 Å². The van der Waals surface area contributed by atoms with Crippen LogP contribution in [0.15, 0.2) is 40.6 Å². The first-order valence-electron chi connectivity index (χ1n) is 9.15. The summed E-state index contributed by atoms with van der Waals surface area (Å²) >= 11 is 7.35. The van der Waals surface area contributed by atoms with Crippen molar-refractivity contribution in [2.75, 3.05) is 0 Å². The molecule has 3 heterocycles. The van der Waals surface area contributed by atoms with Crippen LogP contribution in [0.3, 0.4) is 0 Å². The standard InChI is InChI=1S/C19H20ClN7O2S/c1-19(2,3)27-16(15(9-21-27)26-18(28)25(4)23-24-26)10-29-17-22-14(11-30-17)12-5-7-13(20)8-6-12/h5-9,11H,10H2,1-4H3. The molecule has 156 valence electrons. The Kier molecular flexibility index (Phi) is 5.20. The highest BCUT2D eigenvalue weighted by molar-refractivity contribution is 7.11. The zero-order valence-corrected chi connectivity index (χ0v) is 18.5. The number of hydrogen-bond donors (Lipinski definition) is 0. The SMILES string of the molecule is Cn1nnn(-c2cnn(C(C)(C)C)c2COc2nc(-c3ccc(Cl)cc3)cs2)c1=O. The molecule has 0 saturated heterocycles. The predicted molar refractivity (Wildman–Crippen MR) is 114 cm³/mol. The minimum Gasteiger partial charge on any atom is -0.463 e. The van der Waals surface area contributed by atoms with Crippen LogP contribution in [0.2, 0.25) is 5.02 Å². The van der Waals surface area contributed by atoms with E-state index in [1.807, 2.05) is 55.1 Å². The first-order chi connectivity index (χ1) is 14.2. The van der Waals surface area contributed by atoms with E-state index >= 15 is 0 Å². The molecular weight excluding hydrogens is 426 g/mol. The lowest BCUT2D eigenvalue weighted by molar-refractivity contribution is 0.263. The van der Waals surface area contributed by atoms with Crippen LogP contribution in [0.25, 0.3) is 16.9 Å². The van der Waals surface area contributed by atoms with Gasteiger partial charge in [0.15, 0.2) is 0 Å². The highest BCUT2D eigenvalue weighted by Gasteiger charge is 2.24. The van der Waals surface area contributed by atoms with Gasteiger partial charge in [-0.1, -0.05) is 35.1 Å². The van der Waals surface area contributed by atoms with Crippen molar-refractivity contribution in [2.45, 2.75) is 32.9 Å². The fraction of sp³-hybridized carbons (Fsp3) is 0.316. The van der Waals surface area contributed by atoms with Crippen molar-refractivity contribution in [1.82, 2.24) is 34.6 Å². The fourth-order valence-corrected chi connectivity index (χ4v) is 3.73. The van der Waals surface area contributed by atoms with E-state index < -0.39 is 0 Å². The third kappa shape index (κ3) is 3.88. The number of aromatic nitrogens is 7. The van der Waals surface area contributed by atoms with E-state index in [1.165, 1.54) is 16.0 Å². The average Bonchev–Trinajstić information content (AvgIpc) is 3.40. The number of hydrogen-bond acceptors (Lipinski definition) is 7. The van der Waals surface area contributed by atoms with E-state index in [-0.39, 0.29) is 17.8 Å². The molecule has 0 bridgehead atoms. The van der Waals surface area contributed by atoms with Gasteiger partial charge in [-0.15, -0.1) is 0 Å². The van der Waals surface area contributed by atoms with Crippen molar-refractivity contribution in [3.63, 3.8) is 0 Å². The minimum absolute atomic E-state index is 0.170. The molecule has 30 heavy (non-hydrogen) atoms. The summed E-state index contributed by atoms with van der Waals surface area (Å²) in [5, 5.41) is 15.3. The van der Waals surface area contributed by atoms with Gasteiger partial charge in [0.1, 0.15) is 18.0 Å². The van der Waals surface area contributed by atoms with Gasteiger partial charge >= 0.3 is 5.69 Å². The molecule has 0 saturated carbocycles. The van der Waals surface area contributed by atoms with E-state index in [0.29, 0.717) is 21.6 Å². The van der Waals surface area contributed by atoms with Gasteiger partial charge in [-0.2, -0.15) is 14.5 Å². The summed E-state index contributed by atoms with van der Waals surface area (Å²) < 4.78 is 10.2. The average molecular weight is 446 g/mol. The molecule has 0 aliphatic heterocycles. The van der Waals surface area contributed by atoms with Crippen LogP contribution in [0.1, 0.15) is 26.5 Å². The van der Waals surface area contributed by atoms with Gasteiger partial charge in [0.2, 0.25) is 0 Å². The lowest BCUT2D eigenvalue weighted by Crippen LogP contribution is -2.28. The molecule has 0 radical (unpaired) electrons. The fourth-order valence-electron chi connectivity index (χ4n) is 2.93. The molecule has 3 aromatic heterocycles. The van der Waals surface area contributed by atoms with Crippen LogP contribution in [0, 0.1) is 0 Å². The normalized spacial score (nSPS) is 11.8. The number of thiazole rings is 1. The Bertz CT molecular complexity index is 1230. The molecule has 0 aliphatic carbocycles. The van der Waals surface area contributed by atoms with Crippen molar-refractivity contribution in [3.8, 4) is 22.1 Å². The first-order valence-corrected chi connectivity index (χ1v) is 10.4. The van der Waals surface area contributed by atoms with Crippen LogP contribution in [-0.4, -0.2) is 34.6 Å². The molecule has 11 heteroatoms. The molecule has 9 nitrogen and oxygen atoms in total. The second-order valence-electron chi connectivity index (χ2n) is 7.65. The summed E-state index contributed by atoms with van der Waals surface area (Å²) in [6.07, 6.45) is 1.60. The first kappa shape index (κ1) is 20.3. The Morgan fingerprint density at radius 3 is 2.53 bits per heavy atom. The lowest BCUT2D eigenvalue weighted by atomic mass is 10.1. The minimum atomic E-state index is -0.357. The molecule has 1 aromatic carbocycles. The highest BCUT2D eigenvalue weighted by Crippen LogP contribution is 2.29. The van der Waals surface area contributed by atoms with Gasteiger partial charge in [-0.3, -0.25) is 4.68 Å². The van der Waals surface area contributed by atoms with Gasteiger partial charge in [-0.05, 0) is 43.3 Å². The number of benzene rings is 1. The summed E-state index contributed by atoms with van der Waals surface area (Å²) in [6.45, 7) is 6.24. The summed E-state index contributed by atoms with van der Waals surface area (Å²) in [7, 11) is 1.55. The maximum atomic E-state index is 12.3. The number of aryl methyl sites for hydroxylation is 1. The number of rotatable bonds is 5. The van der Waals surface area contributed by atoms with Crippen LogP contribution >= 0.6 is 22.9 Å². The zero-order chi connectivity index (χ0) is 21.5. The van der Waals surface area contributed by atoms with E-state index in [4.69, 9.17) is 16.3 Å². The van der Waals surface area contributed by atoms with Crippen molar-refractivity contribution < 1.29 is 4.74 Å². The van der Waals surface area contributed by atoms with E-state index in [0.717, 1.165) is 15.9 Å². The molecular formula is C19H20ClN7O2S. The summed E-state index contributed by atoms with van der Waals surface area (Å²) in [4.78, 5) is 16.9. The van der Waals surface area contributed by atoms with Gasteiger partial charge in [0, 0.05) is 23.0 Å².